The third kappa shape index (κ3) is 5.22. The summed E-state index contributed by atoms with van der Waals surface area (Å²) in [6, 6.07) is 20.3. The normalized spacial score (nSPS) is 23.8. The van der Waals surface area contributed by atoms with Crippen LogP contribution in [0.15, 0.2) is 60.7 Å². The average molecular weight is 365 g/mol. The predicted octanol–water partition coefficient (Wildman–Crippen LogP) is 6.02. The summed E-state index contributed by atoms with van der Waals surface area (Å²) < 4.78 is 6.19. The Morgan fingerprint density at radius 1 is 1.00 bits per heavy atom. The Kier molecular flexibility index (Phi) is 6.71. The number of rotatable bonds is 6. The van der Waals surface area contributed by atoms with Crippen molar-refractivity contribution in [1.82, 2.24) is 0 Å². The maximum atomic E-state index is 13.3. The van der Waals surface area contributed by atoms with E-state index in [0.717, 1.165) is 18.4 Å². The van der Waals surface area contributed by atoms with Gasteiger partial charge in [0.05, 0.1) is 5.92 Å². The van der Waals surface area contributed by atoms with Crippen molar-refractivity contribution in [1.29, 1.82) is 0 Å². The molecule has 2 nitrogen and oxygen atoms in total. The van der Waals surface area contributed by atoms with Gasteiger partial charge < -0.3 is 4.74 Å². The molecule has 0 amide bonds. The lowest BCUT2D eigenvalue weighted by atomic mass is 9.75. The lowest BCUT2D eigenvalue weighted by molar-refractivity contribution is -0.157. The van der Waals surface area contributed by atoms with Gasteiger partial charge in [-0.1, -0.05) is 87.9 Å². The minimum atomic E-state index is -0.251. The highest BCUT2D eigenvalue weighted by atomic mass is 16.5. The van der Waals surface area contributed by atoms with Crippen LogP contribution < -0.4 is 0 Å². The highest BCUT2D eigenvalue weighted by molar-refractivity contribution is 5.78. The molecule has 0 unspecified atom stereocenters. The Labute approximate surface area is 164 Å². The molecule has 0 spiro atoms. The van der Waals surface area contributed by atoms with Crippen LogP contribution in [0.25, 0.3) is 0 Å². The van der Waals surface area contributed by atoms with Gasteiger partial charge >= 0.3 is 5.97 Å². The molecular formula is C25H32O2. The molecule has 27 heavy (non-hydrogen) atoms. The van der Waals surface area contributed by atoms with E-state index in [1.54, 1.807) is 0 Å². The summed E-state index contributed by atoms with van der Waals surface area (Å²) in [6.07, 6.45) is 4.11. The molecule has 2 aromatic carbocycles. The molecule has 3 rings (SSSR count). The van der Waals surface area contributed by atoms with E-state index in [4.69, 9.17) is 4.74 Å². The SMILES string of the molecule is CC(C)[C@H]1CC[C@H](C)C[C@H]1OC(=O)[C@@H](Cc1ccccc1)c1ccccc1. The lowest BCUT2D eigenvalue weighted by Crippen LogP contribution is -2.37. The zero-order chi connectivity index (χ0) is 19.2. The van der Waals surface area contributed by atoms with Crippen LogP contribution in [0.3, 0.4) is 0 Å². The fourth-order valence-corrected chi connectivity index (χ4v) is 4.35. The molecule has 2 heteroatoms. The number of hydrogen-bond donors (Lipinski definition) is 0. The molecule has 0 aromatic heterocycles. The Hall–Kier alpha value is -2.09. The zero-order valence-corrected chi connectivity index (χ0v) is 16.8. The molecule has 1 aliphatic carbocycles. The zero-order valence-electron chi connectivity index (χ0n) is 16.8. The minimum absolute atomic E-state index is 0.0447. The van der Waals surface area contributed by atoms with E-state index in [1.165, 1.54) is 12.0 Å². The van der Waals surface area contributed by atoms with E-state index >= 15 is 0 Å². The third-order valence-electron chi connectivity index (χ3n) is 6.00. The Morgan fingerprint density at radius 2 is 1.63 bits per heavy atom. The van der Waals surface area contributed by atoms with Crippen LogP contribution in [0.5, 0.6) is 0 Å². The largest absolute Gasteiger partial charge is 0.462 e. The molecule has 1 fully saturated rings. The maximum Gasteiger partial charge on any atom is 0.314 e. The van der Waals surface area contributed by atoms with Crippen molar-refractivity contribution >= 4 is 5.97 Å². The van der Waals surface area contributed by atoms with Gasteiger partial charge in [-0.25, -0.2) is 0 Å². The second-order valence-electron chi connectivity index (χ2n) is 8.45. The van der Waals surface area contributed by atoms with Crippen LogP contribution in [-0.2, 0) is 16.0 Å². The van der Waals surface area contributed by atoms with Gasteiger partial charge in [0.2, 0.25) is 0 Å². The Bertz CT molecular complexity index is 708. The van der Waals surface area contributed by atoms with E-state index in [-0.39, 0.29) is 18.0 Å². The number of carbonyl (C=O) groups excluding carboxylic acids is 1. The van der Waals surface area contributed by atoms with Crippen molar-refractivity contribution in [3.05, 3.63) is 71.8 Å². The standard InChI is InChI=1S/C25H32O2/c1-18(2)22-15-14-19(3)16-24(22)27-25(26)23(21-12-8-5-9-13-21)17-20-10-6-4-7-11-20/h4-13,18-19,22-24H,14-17H2,1-3H3/t19-,22+,23-,24+/m0/s1. The summed E-state index contributed by atoms with van der Waals surface area (Å²) in [7, 11) is 0. The van der Waals surface area contributed by atoms with E-state index < -0.39 is 0 Å². The summed E-state index contributed by atoms with van der Waals surface area (Å²) in [5, 5.41) is 0. The highest BCUT2D eigenvalue weighted by Crippen LogP contribution is 2.36. The smallest absolute Gasteiger partial charge is 0.314 e. The quantitative estimate of drug-likeness (QED) is 0.586. The van der Waals surface area contributed by atoms with Crippen LogP contribution >= 0.6 is 0 Å². The van der Waals surface area contributed by atoms with Crippen LogP contribution in [-0.4, -0.2) is 12.1 Å². The van der Waals surface area contributed by atoms with E-state index in [9.17, 15) is 4.79 Å². The van der Waals surface area contributed by atoms with Crippen LogP contribution in [0.1, 0.15) is 57.1 Å². The molecule has 1 aliphatic rings. The maximum absolute atomic E-state index is 13.3. The molecule has 0 N–H and O–H groups in total. The van der Waals surface area contributed by atoms with Crippen molar-refractivity contribution in [2.75, 3.05) is 0 Å². The first-order chi connectivity index (χ1) is 13.0. The number of benzene rings is 2. The molecule has 1 saturated carbocycles. The Morgan fingerprint density at radius 3 is 2.26 bits per heavy atom. The molecule has 0 radical (unpaired) electrons. The van der Waals surface area contributed by atoms with Gasteiger partial charge in [0.25, 0.3) is 0 Å². The van der Waals surface area contributed by atoms with Crippen molar-refractivity contribution in [2.45, 2.75) is 58.5 Å². The predicted molar refractivity (Wildman–Crippen MR) is 111 cm³/mol. The minimum Gasteiger partial charge on any atom is -0.462 e. The van der Waals surface area contributed by atoms with Gasteiger partial charge in [0.1, 0.15) is 6.10 Å². The summed E-state index contributed by atoms with van der Waals surface area (Å²) >= 11 is 0. The summed E-state index contributed by atoms with van der Waals surface area (Å²) in [5.74, 6) is 1.31. The lowest BCUT2D eigenvalue weighted by Gasteiger charge is -2.37. The molecule has 0 heterocycles. The first kappa shape index (κ1) is 19.7. The van der Waals surface area contributed by atoms with Crippen molar-refractivity contribution < 1.29 is 9.53 Å². The summed E-state index contributed by atoms with van der Waals surface area (Å²) in [6.45, 7) is 6.77. The van der Waals surface area contributed by atoms with Crippen molar-refractivity contribution in [2.24, 2.45) is 17.8 Å². The Balaban J connectivity index is 1.79. The van der Waals surface area contributed by atoms with Gasteiger partial charge in [-0.05, 0) is 48.1 Å². The van der Waals surface area contributed by atoms with E-state index in [1.807, 2.05) is 48.5 Å². The number of carbonyl (C=O) groups is 1. The van der Waals surface area contributed by atoms with Gasteiger partial charge in [0, 0.05) is 0 Å². The van der Waals surface area contributed by atoms with Crippen LogP contribution in [0.4, 0.5) is 0 Å². The average Bonchev–Trinajstić information content (AvgIpc) is 2.67. The molecule has 2 aromatic rings. The first-order valence-corrected chi connectivity index (χ1v) is 10.3. The van der Waals surface area contributed by atoms with Gasteiger partial charge in [-0.3, -0.25) is 4.79 Å². The van der Waals surface area contributed by atoms with E-state index in [2.05, 4.69) is 32.9 Å². The first-order valence-electron chi connectivity index (χ1n) is 10.3. The second kappa shape index (κ2) is 9.21. The van der Waals surface area contributed by atoms with Gasteiger partial charge in [0.15, 0.2) is 0 Å². The van der Waals surface area contributed by atoms with Gasteiger partial charge in [-0.2, -0.15) is 0 Å². The monoisotopic (exact) mass is 364 g/mol. The molecule has 0 saturated heterocycles. The summed E-state index contributed by atoms with van der Waals surface area (Å²) in [4.78, 5) is 13.3. The topological polar surface area (TPSA) is 26.3 Å². The number of ether oxygens (including phenoxy) is 1. The molecule has 0 aliphatic heterocycles. The van der Waals surface area contributed by atoms with E-state index in [0.29, 0.717) is 24.2 Å². The van der Waals surface area contributed by atoms with Gasteiger partial charge in [-0.15, -0.1) is 0 Å². The van der Waals surface area contributed by atoms with Crippen molar-refractivity contribution in [3.63, 3.8) is 0 Å². The molecule has 144 valence electrons. The van der Waals surface area contributed by atoms with Crippen LogP contribution in [0, 0.1) is 17.8 Å². The number of hydrogen-bond acceptors (Lipinski definition) is 2. The number of esters is 1. The highest BCUT2D eigenvalue weighted by Gasteiger charge is 2.35. The third-order valence-corrected chi connectivity index (χ3v) is 6.00. The van der Waals surface area contributed by atoms with Crippen molar-refractivity contribution in [3.8, 4) is 0 Å². The fraction of sp³-hybridized carbons (Fsp3) is 0.480. The summed E-state index contributed by atoms with van der Waals surface area (Å²) in [5.41, 5.74) is 2.21. The molecular weight excluding hydrogens is 332 g/mol. The molecule has 0 bridgehead atoms. The second-order valence-corrected chi connectivity index (χ2v) is 8.45. The fourth-order valence-electron chi connectivity index (χ4n) is 4.35. The van der Waals surface area contributed by atoms with Crippen LogP contribution in [0.2, 0.25) is 0 Å². The molecule has 4 atom stereocenters.